The molecule has 0 aliphatic heterocycles. The summed E-state index contributed by atoms with van der Waals surface area (Å²) in [6, 6.07) is 3.64. The number of alkyl halides is 2. The van der Waals surface area contributed by atoms with E-state index in [1.54, 1.807) is 0 Å². The number of carbonyl (C=O) groups is 1. The Morgan fingerprint density at radius 1 is 1.35 bits per heavy atom. The highest BCUT2D eigenvalue weighted by molar-refractivity contribution is 5.99. The number of carbonyl (C=O) groups excluding carboxylic acids is 1. The number of nitrogens with two attached hydrogens (primary N) is 1. The molecule has 0 fully saturated rings. The summed E-state index contributed by atoms with van der Waals surface area (Å²) >= 11 is 0. The van der Waals surface area contributed by atoms with Gasteiger partial charge < -0.3 is 21.3 Å². The van der Waals surface area contributed by atoms with E-state index in [9.17, 15) is 23.8 Å². The van der Waals surface area contributed by atoms with Crippen LogP contribution in [0, 0.1) is 0 Å². The van der Waals surface area contributed by atoms with Crippen LogP contribution in [0.15, 0.2) is 18.2 Å². The number of halogens is 2. The lowest BCUT2D eigenvalue weighted by molar-refractivity contribution is 0.0118. The van der Waals surface area contributed by atoms with Crippen molar-refractivity contribution in [3.63, 3.8) is 0 Å². The Morgan fingerprint density at radius 2 is 1.88 bits per heavy atom. The van der Waals surface area contributed by atoms with Crippen LogP contribution >= 0.6 is 0 Å². The largest absolute Gasteiger partial charge is 0.507 e. The number of aromatic hydroxyl groups is 2. The number of benzene rings is 1. The van der Waals surface area contributed by atoms with Crippen molar-refractivity contribution in [3.8, 4) is 11.5 Å². The molecule has 5 nitrogen and oxygen atoms in total. The summed E-state index contributed by atoms with van der Waals surface area (Å²) in [6.07, 6.45) is 0. The monoisotopic (exact) mass is 246 g/mol. The van der Waals surface area contributed by atoms with Gasteiger partial charge in [-0.15, -0.1) is 0 Å². The smallest absolute Gasteiger partial charge is 0.277 e. The molecule has 0 heterocycles. The van der Waals surface area contributed by atoms with Crippen LogP contribution in [-0.2, 0) is 0 Å². The maximum absolute atomic E-state index is 12.8. The number of hydrogen-bond acceptors (Lipinski definition) is 4. The zero-order chi connectivity index (χ0) is 13.1. The van der Waals surface area contributed by atoms with E-state index in [2.05, 4.69) is 0 Å². The van der Waals surface area contributed by atoms with Crippen LogP contribution in [0.4, 0.5) is 8.78 Å². The first-order chi connectivity index (χ1) is 7.87. The number of phenols is 2. The molecule has 0 aromatic heterocycles. The maximum atomic E-state index is 12.8. The molecule has 0 saturated heterocycles. The SMILES string of the molecule is NCC(F)(F)CNC(=O)c1c(O)cccc1O. The third kappa shape index (κ3) is 3.28. The first-order valence-corrected chi connectivity index (χ1v) is 4.74. The molecule has 0 spiro atoms. The first kappa shape index (κ1) is 13.2. The predicted molar refractivity (Wildman–Crippen MR) is 56.1 cm³/mol. The van der Waals surface area contributed by atoms with Gasteiger partial charge in [-0.3, -0.25) is 4.79 Å². The molecule has 0 radical (unpaired) electrons. The lowest BCUT2D eigenvalue weighted by Crippen LogP contribution is -2.41. The first-order valence-electron chi connectivity index (χ1n) is 4.74. The molecule has 0 bridgehead atoms. The van der Waals surface area contributed by atoms with Gasteiger partial charge in [-0.05, 0) is 12.1 Å². The van der Waals surface area contributed by atoms with Crippen LogP contribution in [0.3, 0.4) is 0 Å². The number of hydrogen-bond donors (Lipinski definition) is 4. The van der Waals surface area contributed by atoms with Gasteiger partial charge in [0, 0.05) is 0 Å². The quantitative estimate of drug-likeness (QED) is 0.619. The van der Waals surface area contributed by atoms with Crippen LogP contribution in [0.2, 0.25) is 0 Å². The van der Waals surface area contributed by atoms with Crippen LogP contribution in [0.5, 0.6) is 11.5 Å². The molecule has 1 aromatic carbocycles. The van der Waals surface area contributed by atoms with Crippen LogP contribution in [0.1, 0.15) is 10.4 Å². The molecule has 0 atom stereocenters. The maximum Gasteiger partial charge on any atom is 0.277 e. The molecule has 17 heavy (non-hydrogen) atoms. The van der Waals surface area contributed by atoms with Crippen molar-refractivity contribution in [1.29, 1.82) is 0 Å². The highest BCUT2D eigenvalue weighted by Crippen LogP contribution is 2.26. The van der Waals surface area contributed by atoms with E-state index >= 15 is 0 Å². The normalized spacial score (nSPS) is 11.2. The lowest BCUT2D eigenvalue weighted by atomic mass is 10.1. The number of nitrogens with one attached hydrogen (secondary N) is 1. The average Bonchev–Trinajstić information content (AvgIpc) is 2.26. The highest BCUT2D eigenvalue weighted by Gasteiger charge is 2.28. The predicted octanol–water partition coefficient (Wildman–Crippen LogP) is 0.422. The van der Waals surface area contributed by atoms with Gasteiger partial charge >= 0.3 is 0 Å². The minimum atomic E-state index is -3.23. The average molecular weight is 246 g/mol. The van der Waals surface area contributed by atoms with E-state index in [-0.39, 0.29) is 0 Å². The number of rotatable bonds is 4. The van der Waals surface area contributed by atoms with Crippen molar-refractivity contribution in [2.24, 2.45) is 5.73 Å². The number of amides is 1. The molecule has 0 aliphatic carbocycles. The van der Waals surface area contributed by atoms with Crippen molar-refractivity contribution >= 4 is 5.91 Å². The molecule has 0 aliphatic rings. The fourth-order valence-electron chi connectivity index (χ4n) is 1.13. The minimum absolute atomic E-state index is 0.444. The molecular formula is C10H12F2N2O3. The molecule has 0 unspecified atom stereocenters. The Kier molecular flexibility index (Phi) is 3.84. The van der Waals surface area contributed by atoms with Crippen LogP contribution in [-0.4, -0.2) is 35.1 Å². The zero-order valence-electron chi connectivity index (χ0n) is 8.78. The molecule has 0 saturated carbocycles. The molecule has 7 heteroatoms. The van der Waals surface area contributed by atoms with E-state index in [1.165, 1.54) is 6.07 Å². The van der Waals surface area contributed by atoms with Crippen LogP contribution < -0.4 is 11.1 Å². The van der Waals surface area contributed by atoms with Gasteiger partial charge in [-0.1, -0.05) is 6.07 Å². The van der Waals surface area contributed by atoms with Crippen molar-refractivity contribution in [2.75, 3.05) is 13.1 Å². The Bertz CT molecular complexity index is 404. The van der Waals surface area contributed by atoms with Crippen molar-refractivity contribution < 1.29 is 23.8 Å². The van der Waals surface area contributed by atoms with E-state index in [4.69, 9.17) is 5.73 Å². The summed E-state index contributed by atoms with van der Waals surface area (Å²) in [5.41, 5.74) is 4.35. The van der Waals surface area contributed by atoms with Crippen molar-refractivity contribution in [1.82, 2.24) is 5.32 Å². The Labute approximate surface area is 95.9 Å². The van der Waals surface area contributed by atoms with E-state index in [0.29, 0.717) is 0 Å². The summed E-state index contributed by atoms with van der Waals surface area (Å²) in [6.45, 7) is -1.86. The van der Waals surface area contributed by atoms with Gasteiger partial charge in [0.1, 0.15) is 17.1 Å². The summed E-state index contributed by atoms with van der Waals surface area (Å²) in [5, 5.41) is 20.5. The lowest BCUT2D eigenvalue weighted by Gasteiger charge is -2.15. The van der Waals surface area contributed by atoms with E-state index in [1.807, 2.05) is 5.32 Å². The van der Waals surface area contributed by atoms with Gasteiger partial charge in [-0.25, -0.2) is 8.78 Å². The van der Waals surface area contributed by atoms with Gasteiger partial charge in [0.2, 0.25) is 0 Å². The molecular weight excluding hydrogens is 234 g/mol. The van der Waals surface area contributed by atoms with Crippen LogP contribution in [0.25, 0.3) is 0 Å². The third-order valence-corrected chi connectivity index (χ3v) is 2.05. The van der Waals surface area contributed by atoms with Crippen molar-refractivity contribution in [3.05, 3.63) is 23.8 Å². The standard InChI is InChI=1S/C10H12F2N2O3/c11-10(12,4-13)5-14-9(17)8-6(15)2-1-3-7(8)16/h1-3,15-16H,4-5,13H2,(H,14,17). The van der Waals surface area contributed by atoms with Crippen molar-refractivity contribution in [2.45, 2.75) is 5.92 Å². The Morgan fingerprint density at radius 3 is 2.35 bits per heavy atom. The minimum Gasteiger partial charge on any atom is -0.507 e. The molecule has 1 rings (SSSR count). The summed E-state index contributed by atoms with van der Waals surface area (Å²) in [4.78, 5) is 11.4. The van der Waals surface area contributed by atoms with Gasteiger partial charge in [0.25, 0.3) is 11.8 Å². The summed E-state index contributed by atoms with van der Waals surface area (Å²) in [5.74, 6) is -5.19. The fraction of sp³-hybridized carbons (Fsp3) is 0.300. The molecule has 1 aromatic rings. The second kappa shape index (κ2) is 4.96. The highest BCUT2D eigenvalue weighted by atomic mass is 19.3. The van der Waals surface area contributed by atoms with E-state index in [0.717, 1.165) is 12.1 Å². The van der Waals surface area contributed by atoms with Gasteiger partial charge in [0.15, 0.2) is 0 Å². The third-order valence-electron chi connectivity index (χ3n) is 2.05. The molecule has 5 N–H and O–H groups in total. The topological polar surface area (TPSA) is 95.6 Å². The number of phenolic OH excluding ortho intramolecular Hbond substituents is 2. The van der Waals surface area contributed by atoms with Gasteiger partial charge in [0.05, 0.1) is 13.1 Å². The zero-order valence-corrected chi connectivity index (χ0v) is 8.78. The van der Waals surface area contributed by atoms with Gasteiger partial charge in [-0.2, -0.15) is 0 Å². The fourth-order valence-corrected chi connectivity index (χ4v) is 1.13. The summed E-state index contributed by atoms with van der Waals surface area (Å²) < 4.78 is 25.5. The van der Waals surface area contributed by atoms with E-state index < -0.39 is 42.0 Å². The molecule has 94 valence electrons. The Hall–Kier alpha value is -1.89. The second-order valence-corrected chi connectivity index (χ2v) is 3.41. The Balaban J connectivity index is 2.78. The molecule has 1 amide bonds. The summed E-state index contributed by atoms with van der Waals surface area (Å²) in [7, 11) is 0. The second-order valence-electron chi connectivity index (χ2n) is 3.41.